The van der Waals surface area contributed by atoms with Crippen LogP contribution in [0.3, 0.4) is 0 Å². The Hall–Kier alpha value is -5.54. The van der Waals surface area contributed by atoms with Gasteiger partial charge in [-0.05, 0) is 0 Å². The van der Waals surface area contributed by atoms with Gasteiger partial charge in [-0.3, -0.25) is 0 Å². The van der Waals surface area contributed by atoms with Crippen LogP contribution in [0.15, 0.2) is 152 Å². The summed E-state index contributed by atoms with van der Waals surface area (Å²) in [5, 5.41) is -0.863. The zero-order valence-electron chi connectivity index (χ0n) is 26.6. The summed E-state index contributed by atoms with van der Waals surface area (Å²) >= 11 is -0.531. The molecule has 5 aromatic rings. The molecule has 0 radical (unpaired) electrons. The molecule has 0 amide bonds. The number of ether oxygens (including phenoxy) is 5. The van der Waals surface area contributed by atoms with E-state index in [1.807, 2.05) is 30.3 Å². The van der Waals surface area contributed by atoms with Crippen LogP contribution in [-0.4, -0.2) is 74.9 Å². The second kappa shape index (κ2) is 16.7. The molecule has 0 saturated carbocycles. The first-order valence-corrected chi connectivity index (χ1v) is 17.7. The van der Waals surface area contributed by atoms with Crippen molar-refractivity contribution in [3.8, 4) is 0 Å². The Labute approximate surface area is 295 Å². The van der Waals surface area contributed by atoms with Crippen molar-refractivity contribution < 1.29 is 42.9 Å². The molecule has 252 valence electrons. The molecule has 0 bridgehead atoms. The van der Waals surface area contributed by atoms with E-state index in [9.17, 15) is 19.2 Å². The molecule has 9 nitrogen and oxygen atoms in total. The normalized spacial score (nSPS) is 19.8. The molecule has 0 aromatic heterocycles. The molecule has 0 unspecified atom stereocenters. The van der Waals surface area contributed by atoms with E-state index < -0.39 is 68.3 Å². The third-order valence-electron chi connectivity index (χ3n) is 7.73. The van der Waals surface area contributed by atoms with Gasteiger partial charge in [-0.2, -0.15) is 0 Å². The Morgan fingerprint density at radius 1 is 0.460 bits per heavy atom. The Morgan fingerprint density at radius 2 is 0.820 bits per heavy atom. The van der Waals surface area contributed by atoms with Crippen LogP contribution in [0.2, 0.25) is 0 Å². The van der Waals surface area contributed by atoms with Crippen LogP contribution in [0.1, 0.15) is 41.4 Å². The summed E-state index contributed by atoms with van der Waals surface area (Å²) in [6.45, 7) is -0.361. The molecule has 1 saturated heterocycles. The molecule has 5 aromatic carbocycles. The van der Waals surface area contributed by atoms with Gasteiger partial charge in [-0.15, -0.1) is 0 Å². The molecule has 50 heavy (non-hydrogen) atoms. The number of hydrogen-bond acceptors (Lipinski definition) is 9. The van der Waals surface area contributed by atoms with Crippen molar-refractivity contribution in [2.24, 2.45) is 0 Å². The second-order valence-corrected chi connectivity index (χ2v) is 13.6. The fourth-order valence-corrected chi connectivity index (χ4v) is 7.62. The van der Waals surface area contributed by atoms with Crippen molar-refractivity contribution >= 4 is 43.3 Å². The summed E-state index contributed by atoms with van der Waals surface area (Å²) in [5.41, 5.74) is 1.04. The van der Waals surface area contributed by atoms with Crippen LogP contribution >= 0.6 is 0 Å². The summed E-state index contributed by atoms with van der Waals surface area (Å²) in [6, 6.07) is 42.9. The third-order valence-corrected chi connectivity index (χ3v) is 10.2. The van der Waals surface area contributed by atoms with Crippen molar-refractivity contribution in [1.29, 1.82) is 0 Å². The van der Waals surface area contributed by atoms with Crippen LogP contribution in [0.4, 0.5) is 0 Å². The van der Waals surface area contributed by atoms with E-state index in [1.54, 1.807) is 121 Å². The van der Waals surface area contributed by atoms with E-state index in [1.165, 1.54) is 0 Å². The van der Waals surface area contributed by atoms with Crippen LogP contribution in [0.5, 0.6) is 0 Å². The molecular formula is C40H32O9Se. The van der Waals surface area contributed by atoms with Gasteiger partial charge in [0.2, 0.25) is 0 Å². The maximum atomic E-state index is 13.7. The number of rotatable bonds is 11. The van der Waals surface area contributed by atoms with E-state index >= 15 is 0 Å². The van der Waals surface area contributed by atoms with Crippen molar-refractivity contribution in [3.63, 3.8) is 0 Å². The van der Waals surface area contributed by atoms with Gasteiger partial charge in [0, 0.05) is 0 Å². The Balaban J connectivity index is 1.41. The molecule has 5 atom stereocenters. The van der Waals surface area contributed by atoms with Gasteiger partial charge < -0.3 is 0 Å². The van der Waals surface area contributed by atoms with Crippen molar-refractivity contribution in [2.45, 2.75) is 29.4 Å². The molecule has 1 aliphatic rings. The van der Waals surface area contributed by atoms with E-state index in [0.29, 0.717) is 5.56 Å². The first kappa shape index (κ1) is 34.3. The van der Waals surface area contributed by atoms with Gasteiger partial charge in [0.05, 0.1) is 0 Å². The third kappa shape index (κ3) is 8.72. The first-order valence-electron chi connectivity index (χ1n) is 15.8. The van der Waals surface area contributed by atoms with Gasteiger partial charge in [-0.1, -0.05) is 0 Å². The molecule has 1 fully saturated rings. The first-order chi connectivity index (χ1) is 24.5. The molecule has 1 heterocycles. The Kier molecular flexibility index (Phi) is 11.5. The summed E-state index contributed by atoms with van der Waals surface area (Å²) < 4.78 is 31.6. The topological polar surface area (TPSA) is 114 Å². The predicted octanol–water partition coefficient (Wildman–Crippen LogP) is 5.27. The molecular weight excluding hydrogens is 703 g/mol. The molecule has 10 heteroatoms. The quantitative estimate of drug-likeness (QED) is 0.102. The molecule has 0 N–H and O–H groups in total. The van der Waals surface area contributed by atoms with E-state index in [2.05, 4.69) is 0 Å². The maximum absolute atomic E-state index is 13.7. The molecule has 6 rings (SSSR count). The van der Waals surface area contributed by atoms with Crippen LogP contribution < -0.4 is 4.46 Å². The van der Waals surface area contributed by atoms with Gasteiger partial charge in [0.25, 0.3) is 0 Å². The monoisotopic (exact) mass is 736 g/mol. The Morgan fingerprint density at radius 3 is 1.26 bits per heavy atom. The van der Waals surface area contributed by atoms with E-state index in [0.717, 1.165) is 4.46 Å². The summed E-state index contributed by atoms with van der Waals surface area (Å²) in [4.78, 5) is 54.0. The minimum absolute atomic E-state index is 0.231. The standard InChI is InChI=1S/C40H32O9Se/c41-36(27-16-6-1-7-17-27)45-26-32-33(47-37(42)28-18-8-2-9-19-28)34(48-38(43)29-20-10-3-11-21-29)35(49-39(44)30-22-12-4-13-23-30)40(46-32)50-31-24-14-5-15-25-31/h1-25,32-35,40H,26H2/t32-,33-,34+,35-,40+/m1/s1. The SMILES string of the molecule is O=C(OC[C@H]1O[C@@H]([Se]c2ccccc2)[C@H](OC(=O)c2ccccc2)[C@@H](OC(=O)c2ccccc2)[C@@H]1OC(=O)c1ccccc1)c1ccccc1. The van der Waals surface area contributed by atoms with Gasteiger partial charge >= 0.3 is 296 Å². The minimum atomic E-state index is -1.37. The molecule has 1 aliphatic heterocycles. The number of benzene rings is 5. The summed E-state index contributed by atoms with van der Waals surface area (Å²) in [5.74, 6) is -2.77. The fraction of sp³-hybridized carbons (Fsp3) is 0.150. The van der Waals surface area contributed by atoms with Gasteiger partial charge in [0.1, 0.15) is 0 Å². The van der Waals surface area contributed by atoms with E-state index in [4.69, 9.17) is 23.7 Å². The van der Waals surface area contributed by atoms with Crippen LogP contribution in [-0.2, 0) is 23.7 Å². The van der Waals surface area contributed by atoms with Crippen LogP contribution in [0, 0.1) is 0 Å². The number of esters is 4. The van der Waals surface area contributed by atoms with E-state index in [-0.39, 0.29) is 23.3 Å². The predicted molar refractivity (Wildman–Crippen MR) is 184 cm³/mol. The number of carbonyl (C=O) groups is 4. The van der Waals surface area contributed by atoms with Gasteiger partial charge in [0.15, 0.2) is 0 Å². The number of carbonyl (C=O) groups excluding carboxylic acids is 4. The summed E-state index contributed by atoms with van der Waals surface area (Å²) in [6.07, 6.45) is -5.08. The molecule has 0 aliphatic carbocycles. The average molecular weight is 736 g/mol. The zero-order valence-corrected chi connectivity index (χ0v) is 28.3. The summed E-state index contributed by atoms with van der Waals surface area (Å²) in [7, 11) is 0. The average Bonchev–Trinajstić information content (AvgIpc) is 3.17. The second-order valence-electron chi connectivity index (χ2n) is 11.1. The zero-order chi connectivity index (χ0) is 34.7. The van der Waals surface area contributed by atoms with Crippen molar-refractivity contribution in [1.82, 2.24) is 0 Å². The van der Waals surface area contributed by atoms with Crippen molar-refractivity contribution in [3.05, 3.63) is 174 Å². The van der Waals surface area contributed by atoms with Crippen LogP contribution in [0.25, 0.3) is 0 Å². The number of hydrogen-bond donors (Lipinski definition) is 0. The fourth-order valence-electron chi connectivity index (χ4n) is 5.26. The van der Waals surface area contributed by atoms with Gasteiger partial charge in [-0.25, -0.2) is 0 Å². The van der Waals surface area contributed by atoms with Crippen molar-refractivity contribution in [2.75, 3.05) is 6.61 Å². The molecule has 0 spiro atoms. The Bertz CT molecular complexity index is 1870.